The van der Waals surface area contributed by atoms with Gasteiger partial charge >= 0.3 is 12.0 Å². The van der Waals surface area contributed by atoms with Gasteiger partial charge in [0.15, 0.2) is 0 Å². The van der Waals surface area contributed by atoms with Crippen molar-refractivity contribution in [1.29, 1.82) is 0 Å². The van der Waals surface area contributed by atoms with Gasteiger partial charge < -0.3 is 15.2 Å². The summed E-state index contributed by atoms with van der Waals surface area (Å²) < 4.78 is 4.99. The van der Waals surface area contributed by atoms with Crippen molar-refractivity contribution in [3.05, 3.63) is 47.7 Å². The normalized spacial score (nSPS) is 11.7. The van der Waals surface area contributed by atoms with Crippen molar-refractivity contribution < 1.29 is 14.6 Å². The van der Waals surface area contributed by atoms with Crippen molar-refractivity contribution in [2.45, 2.75) is 19.4 Å². The molecule has 6 nitrogen and oxygen atoms in total. The van der Waals surface area contributed by atoms with Crippen molar-refractivity contribution in [3.8, 4) is 6.01 Å². The molecule has 1 atom stereocenters. The molecule has 0 aliphatic rings. The number of nitrogens with one attached hydrogen (secondary N) is 1. The lowest BCUT2D eigenvalue weighted by molar-refractivity contribution is -0.137. The van der Waals surface area contributed by atoms with Gasteiger partial charge in [-0.2, -0.15) is 4.98 Å². The second kappa shape index (κ2) is 6.69. The minimum absolute atomic E-state index is 0.210. The SMILES string of the molecule is COc1nc(C)cc(N[C@H](Cc2ccccc2)C(=O)O)n1. The lowest BCUT2D eigenvalue weighted by Gasteiger charge is -2.15. The number of ether oxygens (including phenoxy) is 1. The van der Waals surface area contributed by atoms with Crippen molar-refractivity contribution >= 4 is 11.8 Å². The number of hydrogen-bond donors (Lipinski definition) is 2. The molecular weight excluding hydrogens is 270 g/mol. The highest BCUT2D eigenvalue weighted by molar-refractivity contribution is 5.77. The number of carboxylic acids is 1. The first kappa shape index (κ1) is 14.8. The molecule has 1 aromatic heterocycles. The molecule has 1 aromatic carbocycles. The number of aliphatic carboxylic acids is 1. The number of benzene rings is 1. The number of methoxy groups -OCH3 is 1. The minimum Gasteiger partial charge on any atom is -0.480 e. The van der Waals surface area contributed by atoms with Crippen LogP contribution < -0.4 is 10.1 Å². The number of aryl methyl sites for hydroxylation is 1. The molecule has 0 bridgehead atoms. The first-order valence-electron chi connectivity index (χ1n) is 6.51. The van der Waals surface area contributed by atoms with Gasteiger partial charge in [-0.25, -0.2) is 9.78 Å². The molecule has 0 saturated heterocycles. The van der Waals surface area contributed by atoms with E-state index in [2.05, 4.69) is 15.3 Å². The molecule has 110 valence electrons. The molecule has 0 amide bonds. The van der Waals surface area contributed by atoms with E-state index in [1.165, 1.54) is 7.11 Å². The molecule has 2 aromatic rings. The fraction of sp³-hybridized carbons (Fsp3) is 0.267. The fourth-order valence-corrected chi connectivity index (χ4v) is 1.93. The molecule has 0 aliphatic carbocycles. The molecule has 6 heteroatoms. The maximum atomic E-state index is 11.4. The summed E-state index contributed by atoms with van der Waals surface area (Å²) in [7, 11) is 1.47. The zero-order valence-corrected chi connectivity index (χ0v) is 11.9. The van der Waals surface area contributed by atoms with E-state index < -0.39 is 12.0 Å². The molecule has 0 spiro atoms. The number of rotatable bonds is 6. The summed E-state index contributed by atoms with van der Waals surface area (Å²) in [6.45, 7) is 1.79. The third-order valence-electron chi connectivity index (χ3n) is 2.92. The van der Waals surface area contributed by atoms with E-state index in [4.69, 9.17) is 4.74 Å². The summed E-state index contributed by atoms with van der Waals surface area (Å²) in [4.78, 5) is 19.6. The van der Waals surface area contributed by atoms with Gasteiger partial charge in [0.1, 0.15) is 11.9 Å². The van der Waals surface area contributed by atoms with Crippen molar-refractivity contribution in [1.82, 2.24) is 9.97 Å². The number of carboxylic acid groups (broad SMARTS) is 1. The predicted molar refractivity (Wildman–Crippen MR) is 78.5 cm³/mol. The summed E-state index contributed by atoms with van der Waals surface area (Å²) in [6, 6.07) is 10.6. The van der Waals surface area contributed by atoms with Crippen molar-refractivity contribution in [2.75, 3.05) is 12.4 Å². The van der Waals surface area contributed by atoms with E-state index >= 15 is 0 Å². The fourth-order valence-electron chi connectivity index (χ4n) is 1.93. The van der Waals surface area contributed by atoms with Crippen molar-refractivity contribution in [2.24, 2.45) is 0 Å². The van der Waals surface area contributed by atoms with Crippen LogP contribution in [-0.4, -0.2) is 34.2 Å². The van der Waals surface area contributed by atoms with Gasteiger partial charge in [0, 0.05) is 18.2 Å². The number of hydrogen-bond acceptors (Lipinski definition) is 5. The summed E-state index contributed by atoms with van der Waals surface area (Å²) >= 11 is 0. The van der Waals surface area contributed by atoms with Crippen LogP contribution in [0.5, 0.6) is 6.01 Å². The van der Waals surface area contributed by atoms with E-state index in [1.54, 1.807) is 13.0 Å². The monoisotopic (exact) mass is 287 g/mol. The maximum absolute atomic E-state index is 11.4. The molecule has 2 N–H and O–H groups in total. The molecule has 2 rings (SSSR count). The second-order valence-corrected chi connectivity index (χ2v) is 4.61. The summed E-state index contributed by atoms with van der Waals surface area (Å²) in [5.74, 6) is -0.503. The molecule has 0 saturated carbocycles. The zero-order chi connectivity index (χ0) is 15.2. The highest BCUT2D eigenvalue weighted by Gasteiger charge is 2.19. The number of nitrogens with zero attached hydrogens (tertiary/aromatic N) is 2. The Labute approximate surface area is 122 Å². The van der Waals surface area contributed by atoms with Crippen LogP contribution in [-0.2, 0) is 11.2 Å². The molecule has 0 radical (unpaired) electrons. The van der Waals surface area contributed by atoms with Gasteiger partial charge in [0.05, 0.1) is 7.11 Å². The van der Waals surface area contributed by atoms with Crippen LogP contribution in [0.4, 0.5) is 5.82 Å². The van der Waals surface area contributed by atoms with Crippen LogP contribution in [0.2, 0.25) is 0 Å². The van der Waals surface area contributed by atoms with E-state index in [0.29, 0.717) is 17.9 Å². The topological polar surface area (TPSA) is 84.3 Å². The highest BCUT2D eigenvalue weighted by atomic mass is 16.5. The quantitative estimate of drug-likeness (QED) is 0.844. The average molecular weight is 287 g/mol. The van der Waals surface area contributed by atoms with Crippen LogP contribution in [0, 0.1) is 6.92 Å². The summed E-state index contributed by atoms with van der Waals surface area (Å²) in [5.41, 5.74) is 1.64. The second-order valence-electron chi connectivity index (χ2n) is 4.61. The zero-order valence-electron chi connectivity index (χ0n) is 11.9. The Balaban J connectivity index is 2.16. The first-order chi connectivity index (χ1) is 10.1. The number of aromatic nitrogens is 2. The molecular formula is C15H17N3O3. The van der Waals surface area contributed by atoms with E-state index in [-0.39, 0.29) is 6.01 Å². The molecule has 0 fully saturated rings. The first-order valence-corrected chi connectivity index (χ1v) is 6.51. The predicted octanol–water partition coefficient (Wildman–Crippen LogP) is 1.90. The molecule has 21 heavy (non-hydrogen) atoms. The Bertz CT molecular complexity index is 617. The van der Waals surface area contributed by atoms with Gasteiger partial charge in [-0.15, -0.1) is 0 Å². The lowest BCUT2D eigenvalue weighted by Crippen LogP contribution is -2.32. The van der Waals surface area contributed by atoms with Gasteiger partial charge in [0.2, 0.25) is 0 Å². The largest absolute Gasteiger partial charge is 0.480 e. The van der Waals surface area contributed by atoms with E-state index in [0.717, 1.165) is 5.56 Å². The van der Waals surface area contributed by atoms with E-state index in [9.17, 15) is 9.90 Å². The average Bonchev–Trinajstić information content (AvgIpc) is 2.47. The Morgan fingerprint density at radius 2 is 2.05 bits per heavy atom. The van der Waals surface area contributed by atoms with Gasteiger partial charge in [-0.05, 0) is 12.5 Å². The Hall–Kier alpha value is -2.63. The number of anilines is 1. The van der Waals surface area contributed by atoms with Crippen molar-refractivity contribution in [3.63, 3.8) is 0 Å². The van der Waals surface area contributed by atoms with Crippen LogP contribution in [0.25, 0.3) is 0 Å². The summed E-state index contributed by atoms with van der Waals surface area (Å²) in [6.07, 6.45) is 0.363. The standard InChI is InChI=1S/C15H17N3O3/c1-10-8-13(18-15(16-10)21-2)17-12(14(19)20)9-11-6-4-3-5-7-11/h3-8,12H,9H2,1-2H3,(H,19,20)(H,16,17,18)/t12-/m1/s1. The third kappa shape index (κ3) is 4.17. The Morgan fingerprint density at radius 1 is 1.33 bits per heavy atom. The summed E-state index contributed by atoms with van der Waals surface area (Å²) in [5, 5.41) is 12.3. The van der Waals surface area contributed by atoms with Gasteiger partial charge in [0.25, 0.3) is 0 Å². The highest BCUT2D eigenvalue weighted by Crippen LogP contribution is 2.14. The van der Waals surface area contributed by atoms with Crippen LogP contribution in [0.15, 0.2) is 36.4 Å². The van der Waals surface area contributed by atoms with Crippen LogP contribution in [0.1, 0.15) is 11.3 Å². The molecule has 1 heterocycles. The van der Waals surface area contributed by atoms with Gasteiger partial charge in [-0.1, -0.05) is 30.3 Å². The Kier molecular flexibility index (Phi) is 4.71. The molecule has 0 aliphatic heterocycles. The lowest BCUT2D eigenvalue weighted by atomic mass is 10.1. The smallest absolute Gasteiger partial charge is 0.326 e. The Morgan fingerprint density at radius 3 is 2.67 bits per heavy atom. The van der Waals surface area contributed by atoms with Crippen LogP contribution in [0.3, 0.4) is 0 Å². The third-order valence-corrected chi connectivity index (χ3v) is 2.92. The van der Waals surface area contributed by atoms with E-state index in [1.807, 2.05) is 30.3 Å². The maximum Gasteiger partial charge on any atom is 0.326 e. The minimum atomic E-state index is -0.936. The number of carbonyl (C=O) groups is 1. The van der Waals surface area contributed by atoms with Gasteiger partial charge in [-0.3, -0.25) is 0 Å². The van der Waals surface area contributed by atoms with Crippen LogP contribution >= 0.6 is 0 Å². The molecule has 0 unspecified atom stereocenters.